The minimum absolute atomic E-state index is 0.199. The van der Waals surface area contributed by atoms with Crippen molar-refractivity contribution in [2.75, 3.05) is 6.73 Å². The fraction of sp³-hybridized carbons (Fsp3) is 0.133. The summed E-state index contributed by atoms with van der Waals surface area (Å²) in [7, 11) is 0. The van der Waals surface area contributed by atoms with Gasteiger partial charge in [-0.3, -0.25) is 14.6 Å². The fourth-order valence-electron chi connectivity index (χ4n) is 1.64. The molecule has 21 heavy (non-hydrogen) atoms. The summed E-state index contributed by atoms with van der Waals surface area (Å²) in [6, 6.07) is 9.23. The van der Waals surface area contributed by atoms with Crippen molar-refractivity contribution < 1.29 is 18.7 Å². The third-order valence-corrected chi connectivity index (χ3v) is 2.68. The molecule has 0 atom stereocenters. The normalized spacial score (nSPS) is 10.0. The zero-order chi connectivity index (χ0) is 15.2. The van der Waals surface area contributed by atoms with E-state index in [0.717, 1.165) is 11.1 Å². The summed E-state index contributed by atoms with van der Waals surface area (Å²) in [6.45, 7) is 1.05. The monoisotopic (exact) mass is 288 g/mol. The molecule has 0 aliphatic rings. The van der Waals surface area contributed by atoms with Gasteiger partial charge < -0.3 is 10.1 Å². The number of carbonyl (C=O) groups is 2. The molecule has 0 bridgehead atoms. The van der Waals surface area contributed by atoms with E-state index in [0.29, 0.717) is 0 Å². The fourth-order valence-corrected chi connectivity index (χ4v) is 1.64. The second-order valence-corrected chi connectivity index (χ2v) is 4.23. The van der Waals surface area contributed by atoms with Crippen LogP contribution in [0.4, 0.5) is 4.39 Å². The van der Waals surface area contributed by atoms with Gasteiger partial charge in [0.25, 0.3) is 5.91 Å². The van der Waals surface area contributed by atoms with Gasteiger partial charge in [0.05, 0.1) is 0 Å². The van der Waals surface area contributed by atoms with Crippen molar-refractivity contribution in [3.05, 3.63) is 54.1 Å². The van der Waals surface area contributed by atoms with Crippen LogP contribution in [0, 0.1) is 5.82 Å². The van der Waals surface area contributed by atoms with E-state index in [2.05, 4.69) is 15.0 Å². The maximum absolute atomic E-state index is 12.8. The van der Waals surface area contributed by atoms with E-state index in [-0.39, 0.29) is 18.2 Å². The zero-order valence-electron chi connectivity index (χ0n) is 11.3. The van der Waals surface area contributed by atoms with Crippen molar-refractivity contribution in [1.29, 1.82) is 0 Å². The van der Waals surface area contributed by atoms with Crippen molar-refractivity contribution in [3.63, 3.8) is 0 Å². The minimum Gasteiger partial charge on any atom is -0.445 e. The zero-order valence-corrected chi connectivity index (χ0v) is 11.3. The molecule has 2 rings (SSSR count). The molecule has 1 aromatic carbocycles. The van der Waals surface area contributed by atoms with E-state index in [9.17, 15) is 14.0 Å². The lowest BCUT2D eigenvalue weighted by Crippen LogP contribution is -2.27. The molecule has 1 N–H and O–H groups in total. The maximum Gasteiger partial charge on any atom is 0.304 e. The van der Waals surface area contributed by atoms with E-state index in [1.54, 1.807) is 24.3 Å². The SMILES string of the molecule is CC(=O)OCNC(=O)c1ccc(-c2ccc(F)cc2)cn1. The van der Waals surface area contributed by atoms with Gasteiger partial charge in [-0.25, -0.2) is 4.39 Å². The standard InChI is InChI=1S/C15H13FN2O3/c1-10(19)21-9-18-15(20)14-7-4-12(8-17-14)11-2-5-13(16)6-3-11/h2-8H,9H2,1H3,(H,18,20). The number of ether oxygens (including phenoxy) is 1. The lowest BCUT2D eigenvalue weighted by molar-refractivity contribution is -0.141. The Kier molecular flexibility index (Phi) is 4.61. The third-order valence-electron chi connectivity index (χ3n) is 2.68. The number of rotatable bonds is 4. The summed E-state index contributed by atoms with van der Waals surface area (Å²) < 4.78 is 17.4. The van der Waals surface area contributed by atoms with Crippen molar-refractivity contribution in [2.45, 2.75) is 6.92 Å². The average molecular weight is 288 g/mol. The number of aromatic nitrogens is 1. The quantitative estimate of drug-likeness (QED) is 0.691. The van der Waals surface area contributed by atoms with Gasteiger partial charge in [-0.2, -0.15) is 0 Å². The van der Waals surface area contributed by atoms with Crippen molar-refractivity contribution in [3.8, 4) is 11.1 Å². The van der Waals surface area contributed by atoms with Crippen LogP contribution in [0.15, 0.2) is 42.6 Å². The van der Waals surface area contributed by atoms with E-state index in [1.165, 1.54) is 25.3 Å². The van der Waals surface area contributed by atoms with Crippen LogP contribution in [0.3, 0.4) is 0 Å². The number of amides is 1. The molecule has 0 spiro atoms. The lowest BCUT2D eigenvalue weighted by atomic mass is 10.1. The van der Waals surface area contributed by atoms with Crippen LogP contribution in [-0.2, 0) is 9.53 Å². The summed E-state index contributed by atoms with van der Waals surface area (Å²) in [6.07, 6.45) is 1.52. The molecule has 5 nitrogen and oxygen atoms in total. The van der Waals surface area contributed by atoms with Crippen LogP contribution in [0.25, 0.3) is 11.1 Å². The molecular weight excluding hydrogens is 275 g/mol. The van der Waals surface area contributed by atoms with Crippen molar-refractivity contribution in [1.82, 2.24) is 10.3 Å². The van der Waals surface area contributed by atoms with Gasteiger partial charge in [0.15, 0.2) is 6.73 Å². The Bertz CT molecular complexity index is 639. The van der Waals surface area contributed by atoms with Gasteiger partial charge in [-0.15, -0.1) is 0 Å². The van der Waals surface area contributed by atoms with Gasteiger partial charge in [-0.1, -0.05) is 18.2 Å². The number of pyridine rings is 1. The minimum atomic E-state index is -0.477. The Hall–Kier alpha value is -2.76. The van der Waals surface area contributed by atoms with E-state index >= 15 is 0 Å². The molecule has 0 radical (unpaired) electrons. The highest BCUT2D eigenvalue weighted by atomic mass is 19.1. The summed E-state index contributed by atoms with van der Waals surface area (Å²) in [4.78, 5) is 26.3. The highest BCUT2D eigenvalue weighted by molar-refractivity contribution is 5.92. The Balaban J connectivity index is 2.03. The second-order valence-electron chi connectivity index (χ2n) is 4.23. The predicted octanol–water partition coefficient (Wildman–Crippen LogP) is 2.14. The Morgan fingerprint density at radius 1 is 1.14 bits per heavy atom. The summed E-state index contributed by atoms with van der Waals surface area (Å²) >= 11 is 0. The topological polar surface area (TPSA) is 68.3 Å². The number of carbonyl (C=O) groups excluding carboxylic acids is 2. The van der Waals surface area contributed by atoms with Crippen LogP contribution in [0.1, 0.15) is 17.4 Å². The Labute approximate surface area is 120 Å². The van der Waals surface area contributed by atoms with E-state index in [4.69, 9.17) is 0 Å². The number of hydrogen-bond donors (Lipinski definition) is 1. The maximum atomic E-state index is 12.8. The lowest BCUT2D eigenvalue weighted by Gasteiger charge is -2.06. The van der Waals surface area contributed by atoms with Crippen LogP contribution >= 0.6 is 0 Å². The van der Waals surface area contributed by atoms with Crippen LogP contribution in [-0.4, -0.2) is 23.6 Å². The average Bonchev–Trinajstić information content (AvgIpc) is 2.48. The molecular formula is C15H13FN2O3. The Morgan fingerprint density at radius 2 is 1.81 bits per heavy atom. The molecule has 108 valence electrons. The smallest absolute Gasteiger partial charge is 0.304 e. The largest absolute Gasteiger partial charge is 0.445 e. The first-order valence-corrected chi connectivity index (χ1v) is 6.20. The van der Waals surface area contributed by atoms with Crippen molar-refractivity contribution >= 4 is 11.9 Å². The molecule has 0 saturated carbocycles. The van der Waals surface area contributed by atoms with E-state index < -0.39 is 11.9 Å². The van der Waals surface area contributed by atoms with Crippen molar-refractivity contribution in [2.24, 2.45) is 0 Å². The molecule has 2 aromatic rings. The van der Waals surface area contributed by atoms with Gasteiger partial charge in [-0.05, 0) is 23.8 Å². The number of nitrogens with zero attached hydrogens (tertiary/aromatic N) is 1. The second kappa shape index (κ2) is 6.60. The van der Waals surface area contributed by atoms with Gasteiger partial charge in [0.2, 0.25) is 0 Å². The molecule has 0 unspecified atom stereocenters. The highest BCUT2D eigenvalue weighted by Gasteiger charge is 2.07. The number of esters is 1. The van der Waals surface area contributed by atoms with Gasteiger partial charge in [0.1, 0.15) is 11.5 Å². The summed E-state index contributed by atoms with van der Waals surface area (Å²) in [5.74, 6) is -1.23. The summed E-state index contributed by atoms with van der Waals surface area (Å²) in [5.41, 5.74) is 1.77. The first kappa shape index (κ1) is 14.6. The number of nitrogens with one attached hydrogen (secondary N) is 1. The number of hydrogen-bond acceptors (Lipinski definition) is 4. The van der Waals surface area contributed by atoms with Crippen LogP contribution in [0.2, 0.25) is 0 Å². The highest BCUT2D eigenvalue weighted by Crippen LogP contribution is 2.18. The van der Waals surface area contributed by atoms with Crippen LogP contribution in [0.5, 0.6) is 0 Å². The first-order chi connectivity index (χ1) is 10.1. The molecule has 1 amide bonds. The van der Waals surface area contributed by atoms with Gasteiger partial charge in [0, 0.05) is 18.7 Å². The first-order valence-electron chi connectivity index (χ1n) is 6.20. The number of halogens is 1. The molecule has 0 saturated heterocycles. The molecule has 0 fully saturated rings. The molecule has 1 heterocycles. The summed E-state index contributed by atoms with van der Waals surface area (Å²) in [5, 5.41) is 2.40. The molecule has 0 aliphatic carbocycles. The van der Waals surface area contributed by atoms with E-state index in [1.807, 2.05) is 0 Å². The van der Waals surface area contributed by atoms with Crippen LogP contribution < -0.4 is 5.32 Å². The molecule has 1 aromatic heterocycles. The predicted molar refractivity (Wildman–Crippen MR) is 73.7 cm³/mol. The third kappa shape index (κ3) is 4.10. The Morgan fingerprint density at radius 3 is 2.38 bits per heavy atom. The number of benzene rings is 1. The van der Waals surface area contributed by atoms with Gasteiger partial charge >= 0.3 is 5.97 Å². The molecule has 6 heteroatoms. The molecule has 0 aliphatic heterocycles.